The predicted molar refractivity (Wildman–Crippen MR) is 68.7 cm³/mol. The van der Waals surface area contributed by atoms with Gasteiger partial charge in [-0.15, -0.1) is 10.2 Å². The topological polar surface area (TPSA) is 56.7 Å². The van der Waals surface area contributed by atoms with Gasteiger partial charge in [0.25, 0.3) is 0 Å². The average molecular weight is 230 g/mol. The van der Waals surface area contributed by atoms with E-state index in [0.29, 0.717) is 5.92 Å². The van der Waals surface area contributed by atoms with Gasteiger partial charge in [-0.1, -0.05) is 19.1 Å². The molecule has 1 aromatic heterocycles. The Hall–Kier alpha value is -1.84. The fraction of sp³-hybridized carbons (Fsp3) is 0.385. The van der Waals surface area contributed by atoms with Gasteiger partial charge in [-0.3, -0.25) is 0 Å². The van der Waals surface area contributed by atoms with E-state index in [1.165, 1.54) is 5.56 Å². The largest absolute Gasteiger partial charge is 0.399 e. The summed E-state index contributed by atoms with van der Waals surface area (Å²) in [6, 6.07) is 8.03. The Morgan fingerprint density at radius 3 is 2.94 bits per heavy atom. The van der Waals surface area contributed by atoms with Gasteiger partial charge in [0.05, 0.1) is 0 Å². The molecule has 0 saturated heterocycles. The molecule has 2 N–H and O–H groups in total. The molecule has 4 heteroatoms. The first-order valence-corrected chi connectivity index (χ1v) is 5.92. The molecule has 1 heterocycles. The molecule has 1 atom stereocenters. The monoisotopic (exact) mass is 230 g/mol. The molecular weight excluding hydrogens is 212 g/mol. The minimum Gasteiger partial charge on any atom is -0.399 e. The summed E-state index contributed by atoms with van der Waals surface area (Å²) < 4.78 is 2.07. The number of hydrogen-bond donors (Lipinski definition) is 1. The minimum absolute atomic E-state index is 0.396. The van der Waals surface area contributed by atoms with Gasteiger partial charge in [0.2, 0.25) is 0 Å². The van der Waals surface area contributed by atoms with Crippen LogP contribution in [0.1, 0.15) is 31.2 Å². The van der Waals surface area contributed by atoms with E-state index < -0.39 is 0 Å². The van der Waals surface area contributed by atoms with E-state index in [2.05, 4.69) is 34.7 Å². The van der Waals surface area contributed by atoms with Gasteiger partial charge in [-0.05, 0) is 30.5 Å². The number of anilines is 1. The molecule has 17 heavy (non-hydrogen) atoms. The van der Waals surface area contributed by atoms with Crippen molar-refractivity contribution in [3.8, 4) is 0 Å². The van der Waals surface area contributed by atoms with Crippen molar-refractivity contribution >= 4 is 5.69 Å². The smallest absolute Gasteiger partial charge is 0.133 e. The first-order chi connectivity index (χ1) is 8.20. The van der Waals surface area contributed by atoms with Crippen LogP contribution in [-0.4, -0.2) is 14.8 Å². The summed E-state index contributed by atoms with van der Waals surface area (Å²) in [5.41, 5.74) is 7.85. The lowest BCUT2D eigenvalue weighted by Crippen LogP contribution is -2.06. The van der Waals surface area contributed by atoms with Crippen molar-refractivity contribution in [3.63, 3.8) is 0 Å². The van der Waals surface area contributed by atoms with Crippen LogP contribution in [0.3, 0.4) is 0 Å². The van der Waals surface area contributed by atoms with E-state index in [1.54, 1.807) is 6.33 Å². The molecule has 90 valence electrons. The lowest BCUT2D eigenvalue weighted by molar-refractivity contribution is 0.643. The van der Waals surface area contributed by atoms with E-state index >= 15 is 0 Å². The van der Waals surface area contributed by atoms with Crippen LogP contribution in [0, 0.1) is 0 Å². The maximum Gasteiger partial charge on any atom is 0.133 e. The van der Waals surface area contributed by atoms with E-state index in [9.17, 15) is 0 Å². The molecule has 0 saturated carbocycles. The highest BCUT2D eigenvalue weighted by atomic mass is 15.3. The van der Waals surface area contributed by atoms with Gasteiger partial charge < -0.3 is 10.3 Å². The van der Waals surface area contributed by atoms with Crippen molar-refractivity contribution in [1.82, 2.24) is 14.8 Å². The third kappa shape index (κ3) is 2.64. The molecule has 0 radical (unpaired) electrons. The Kier molecular flexibility index (Phi) is 3.42. The van der Waals surface area contributed by atoms with Crippen LogP contribution in [0.2, 0.25) is 0 Å². The zero-order chi connectivity index (χ0) is 12.3. The number of nitrogens with two attached hydrogens (primary N) is 1. The van der Waals surface area contributed by atoms with Crippen LogP contribution in [-0.2, 0) is 13.0 Å². The van der Waals surface area contributed by atoms with E-state index in [4.69, 9.17) is 5.73 Å². The second-order valence-electron chi connectivity index (χ2n) is 4.31. The molecule has 1 aromatic carbocycles. The van der Waals surface area contributed by atoms with Crippen LogP contribution in [0.25, 0.3) is 0 Å². The SMILES string of the molecule is CCn1cnnc1C[C@@H](C)c1cccc(N)c1. The molecule has 0 bridgehead atoms. The number of nitrogens with zero attached hydrogens (tertiary/aromatic N) is 3. The molecule has 2 aromatic rings. The van der Waals surface area contributed by atoms with E-state index in [0.717, 1.165) is 24.5 Å². The van der Waals surface area contributed by atoms with Gasteiger partial charge in [0.1, 0.15) is 12.2 Å². The average Bonchev–Trinajstić information content (AvgIpc) is 2.76. The second-order valence-corrected chi connectivity index (χ2v) is 4.31. The fourth-order valence-corrected chi connectivity index (χ4v) is 1.96. The summed E-state index contributed by atoms with van der Waals surface area (Å²) in [6.45, 7) is 5.19. The van der Waals surface area contributed by atoms with Gasteiger partial charge >= 0.3 is 0 Å². The Balaban J connectivity index is 2.14. The zero-order valence-corrected chi connectivity index (χ0v) is 10.3. The highest BCUT2D eigenvalue weighted by Crippen LogP contribution is 2.21. The third-order valence-electron chi connectivity index (χ3n) is 3.00. The number of aryl methyl sites for hydroxylation is 1. The summed E-state index contributed by atoms with van der Waals surface area (Å²) in [7, 11) is 0. The fourth-order valence-electron chi connectivity index (χ4n) is 1.96. The number of hydrogen-bond acceptors (Lipinski definition) is 3. The quantitative estimate of drug-likeness (QED) is 0.819. The highest BCUT2D eigenvalue weighted by molar-refractivity contribution is 5.41. The number of benzene rings is 1. The predicted octanol–water partition coefficient (Wildman–Crippen LogP) is 2.23. The molecule has 0 aliphatic heterocycles. The molecule has 0 fully saturated rings. The van der Waals surface area contributed by atoms with Crippen molar-refractivity contribution in [2.45, 2.75) is 32.7 Å². The van der Waals surface area contributed by atoms with Crippen LogP contribution in [0.15, 0.2) is 30.6 Å². The van der Waals surface area contributed by atoms with Crippen molar-refractivity contribution in [3.05, 3.63) is 42.0 Å². The molecular formula is C13H18N4. The molecule has 4 nitrogen and oxygen atoms in total. The molecule has 0 amide bonds. The summed E-state index contributed by atoms with van der Waals surface area (Å²) in [6.07, 6.45) is 2.67. The van der Waals surface area contributed by atoms with Gasteiger partial charge in [-0.25, -0.2) is 0 Å². The molecule has 0 aliphatic rings. The Morgan fingerprint density at radius 1 is 1.41 bits per heavy atom. The van der Waals surface area contributed by atoms with Crippen LogP contribution in [0.5, 0.6) is 0 Å². The van der Waals surface area contributed by atoms with Crippen molar-refractivity contribution < 1.29 is 0 Å². The van der Waals surface area contributed by atoms with Crippen molar-refractivity contribution in [2.24, 2.45) is 0 Å². The van der Waals surface area contributed by atoms with Crippen LogP contribution >= 0.6 is 0 Å². The maximum atomic E-state index is 5.79. The first kappa shape index (κ1) is 11.6. The number of nitrogen functional groups attached to an aromatic ring is 1. The Morgan fingerprint density at radius 2 is 2.24 bits per heavy atom. The third-order valence-corrected chi connectivity index (χ3v) is 3.00. The van der Waals surface area contributed by atoms with E-state index in [1.807, 2.05) is 18.2 Å². The lowest BCUT2D eigenvalue weighted by Gasteiger charge is -2.12. The lowest BCUT2D eigenvalue weighted by atomic mass is 9.97. The van der Waals surface area contributed by atoms with Crippen LogP contribution < -0.4 is 5.73 Å². The molecule has 2 rings (SSSR count). The first-order valence-electron chi connectivity index (χ1n) is 5.92. The van der Waals surface area contributed by atoms with Crippen molar-refractivity contribution in [2.75, 3.05) is 5.73 Å². The Labute approximate surface area is 101 Å². The molecule has 0 aliphatic carbocycles. The standard InChI is InChI=1S/C13H18N4/c1-3-17-9-15-16-13(17)7-10(2)11-5-4-6-12(14)8-11/h4-6,8-10H,3,7,14H2,1-2H3/t10-/m1/s1. The Bertz CT molecular complexity index is 490. The van der Waals surface area contributed by atoms with Crippen molar-refractivity contribution in [1.29, 1.82) is 0 Å². The molecule has 0 unspecified atom stereocenters. The number of rotatable bonds is 4. The maximum absolute atomic E-state index is 5.79. The minimum atomic E-state index is 0.396. The van der Waals surface area contributed by atoms with Crippen LogP contribution in [0.4, 0.5) is 5.69 Å². The van der Waals surface area contributed by atoms with Gasteiger partial charge in [0.15, 0.2) is 0 Å². The molecule has 0 spiro atoms. The summed E-state index contributed by atoms with van der Waals surface area (Å²) >= 11 is 0. The van der Waals surface area contributed by atoms with Gasteiger partial charge in [0, 0.05) is 18.7 Å². The summed E-state index contributed by atoms with van der Waals surface area (Å²) in [4.78, 5) is 0. The summed E-state index contributed by atoms with van der Waals surface area (Å²) in [5.74, 6) is 1.43. The van der Waals surface area contributed by atoms with Gasteiger partial charge in [-0.2, -0.15) is 0 Å². The number of aromatic nitrogens is 3. The second kappa shape index (κ2) is 4.99. The highest BCUT2D eigenvalue weighted by Gasteiger charge is 2.11. The van der Waals surface area contributed by atoms with E-state index in [-0.39, 0.29) is 0 Å². The normalized spacial score (nSPS) is 12.6. The summed E-state index contributed by atoms with van der Waals surface area (Å²) in [5, 5.41) is 8.10. The zero-order valence-electron chi connectivity index (χ0n) is 10.3.